The molecule has 1 unspecified atom stereocenters. The number of carbonyl (C=O) groups is 1. The smallest absolute Gasteiger partial charge is 0.267 e. The molecule has 0 spiro atoms. The normalized spacial score (nSPS) is 11.9. The Morgan fingerprint density at radius 3 is 2.39 bits per heavy atom. The molecule has 2 aromatic carbocycles. The number of aromatic nitrogens is 2. The first-order valence-electron chi connectivity index (χ1n) is 8.42. The van der Waals surface area contributed by atoms with Gasteiger partial charge >= 0.3 is 0 Å². The van der Waals surface area contributed by atoms with E-state index in [9.17, 15) is 22.8 Å². The van der Waals surface area contributed by atoms with Gasteiger partial charge < -0.3 is 5.32 Å². The summed E-state index contributed by atoms with van der Waals surface area (Å²) in [5.74, 6) is -2.46. The molecule has 0 fully saturated rings. The molecule has 1 heterocycles. The standard InChI is InChI=1S/C20H16F3N3O2/c1-12(20(28)24-11-14-4-7-16(22)10-17(14)23)26-19(27)9-8-18(25-26)13-2-5-15(21)6-3-13/h2-10,12H,11H2,1H3,(H,24,28). The average Bonchev–Trinajstić information content (AvgIpc) is 2.67. The highest BCUT2D eigenvalue weighted by atomic mass is 19.1. The van der Waals surface area contributed by atoms with E-state index in [2.05, 4.69) is 10.4 Å². The van der Waals surface area contributed by atoms with Crippen molar-refractivity contribution in [2.24, 2.45) is 0 Å². The number of halogens is 3. The molecule has 5 nitrogen and oxygen atoms in total. The van der Waals surface area contributed by atoms with E-state index in [-0.39, 0.29) is 12.1 Å². The fourth-order valence-corrected chi connectivity index (χ4v) is 2.58. The van der Waals surface area contributed by atoms with Crippen molar-refractivity contribution in [1.82, 2.24) is 15.1 Å². The van der Waals surface area contributed by atoms with Crippen LogP contribution in [0.2, 0.25) is 0 Å². The van der Waals surface area contributed by atoms with Gasteiger partial charge in [0.1, 0.15) is 23.5 Å². The van der Waals surface area contributed by atoms with E-state index < -0.39 is 35.0 Å². The zero-order chi connectivity index (χ0) is 20.3. The lowest BCUT2D eigenvalue weighted by molar-refractivity contribution is -0.124. The van der Waals surface area contributed by atoms with Crippen LogP contribution < -0.4 is 10.9 Å². The Hall–Kier alpha value is -3.42. The summed E-state index contributed by atoms with van der Waals surface area (Å²) in [6, 6.07) is 10.4. The van der Waals surface area contributed by atoms with E-state index >= 15 is 0 Å². The minimum atomic E-state index is -0.976. The van der Waals surface area contributed by atoms with Crippen molar-refractivity contribution in [3.8, 4) is 11.3 Å². The Bertz CT molecular complexity index is 1070. The van der Waals surface area contributed by atoms with Crippen molar-refractivity contribution < 1.29 is 18.0 Å². The van der Waals surface area contributed by atoms with Gasteiger partial charge in [-0.3, -0.25) is 9.59 Å². The Labute approximate surface area is 158 Å². The fraction of sp³-hybridized carbons (Fsp3) is 0.150. The summed E-state index contributed by atoms with van der Waals surface area (Å²) in [4.78, 5) is 24.5. The summed E-state index contributed by atoms with van der Waals surface area (Å²) in [6.45, 7) is 1.31. The molecule has 28 heavy (non-hydrogen) atoms. The van der Waals surface area contributed by atoms with Crippen LogP contribution in [0.25, 0.3) is 11.3 Å². The van der Waals surface area contributed by atoms with Crippen LogP contribution in [0.3, 0.4) is 0 Å². The average molecular weight is 387 g/mol. The first kappa shape index (κ1) is 19.3. The first-order chi connectivity index (χ1) is 13.3. The summed E-state index contributed by atoms with van der Waals surface area (Å²) in [6.07, 6.45) is 0. The number of nitrogens with zero attached hydrogens (tertiary/aromatic N) is 2. The number of benzene rings is 2. The Balaban J connectivity index is 1.78. The van der Waals surface area contributed by atoms with Crippen molar-refractivity contribution in [1.29, 1.82) is 0 Å². The molecule has 0 radical (unpaired) electrons. The van der Waals surface area contributed by atoms with Crippen LogP contribution in [0.4, 0.5) is 13.2 Å². The van der Waals surface area contributed by atoms with Gasteiger partial charge in [-0.25, -0.2) is 17.9 Å². The topological polar surface area (TPSA) is 64.0 Å². The molecule has 0 bridgehead atoms. The highest BCUT2D eigenvalue weighted by Gasteiger charge is 2.18. The molecule has 1 atom stereocenters. The zero-order valence-corrected chi connectivity index (χ0v) is 14.8. The molecular formula is C20H16F3N3O2. The predicted molar refractivity (Wildman–Crippen MR) is 96.8 cm³/mol. The molecule has 3 aromatic rings. The van der Waals surface area contributed by atoms with Gasteiger partial charge in [-0.2, -0.15) is 5.10 Å². The third-order valence-corrected chi connectivity index (χ3v) is 4.18. The number of rotatable bonds is 5. The number of hydrogen-bond donors (Lipinski definition) is 1. The maximum atomic E-state index is 13.7. The molecule has 144 valence electrons. The van der Waals surface area contributed by atoms with Crippen LogP contribution in [0, 0.1) is 17.5 Å². The van der Waals surface area contributed by atoms with E-state index in [0.29, 0.717) is 11.3 Å². The lowest BCUT2D eigenvalue weighted by atomic mass is 10.1. The van der Waals surface area contributed by atoms with E-state index in [1.165, 1.54) is 49.4 Å². The molecule has 8 heteroatoms. The molecule has 0 aliphatic rings. The molecule has 0 aliphatic carbocycles. The number of carbonyl (C=O) groups excluding carboxylic acids is 1. The van der Waals surface area contributed by atoms with Crippen LogP contribution in [0.15, 0.2) is 59.4 Å². The Morgan fingerprint density at radius 2 is 1.71 bits per heavy atom. The van der Waals surface area contributed by atoms with Gasteiger partial charge in [0, 0.05) is 29.8 Å². The van der Waals surface area contributed by atoms with Crippen molar-refractivity contribution >= 4 is 5.91 Å². The maximum absolute atomic E-state index is 13.7. The van der Waals surface area contributed by atoms with Crippen LogP contribution in [-0.2, 0) is 11.3 Å². The highest BCUT2D eigenvalue weighted by Crippen LogP contribution is 2.16. The summed E-state index contributed by atoms with van der Waals surface area (Å²) in [7, 11) is 0. The number of hydrogen-bond acceptors (Lipinski definition) is 3. The van der Waals surface area contributed by atoms with Gasteiger partial charge in [0.15, 0.2) is 0 Å². The van der Waals surface area contributed by atoms with E-state index in [0.717, 1.165) is 16.8 Å². The molecule has 1 amide bonds. The van der Waals surface area contributed by atoms with Crippen LogP contribution >= 0.6 is 0 Å². The second-order valence-electron chi connectivity index (χ2n) is 6.14. The van der Waals surface area contributed by atoms with Crippen molar-refractivity contribution in [2.45, 2.75) is 19.5 Å². The van der Waals surface area contributed by atoms with Gasteiger partial charge in [-0.15, -0.1) is 0 Å². The van der Waals surface area contributed by atoms with Gasteiger partial charge in [0.05, 0.1) is 5.69 Å². The van der Waals surface area contributed by atoms with Gasteiger partial charge in [0.25, 0.3) is 5.56 Å². The quantitative estimate of drug-likeness (QED) is 0.731. The van der Waals surface area contributed by atoms with E-state index in [1.807, 2.05) is 0 Å². The van der Waals surface area contributed by atoms with Gasteiger partial charge in [-0.1, -0.05) is 6.07 Å². The van der Waals surface area contributed by atoms with Crippen molar-refractivity contribution in [3.63, 3.8) is 0 Å². The summed E-state index contributed by atoms with van der Waals surface area (Å²) >= 11 is 0. The Morgan fingerprint density at radius 1 is 1.04 bits per heavy atom. The molecule has 0 saturated heterocycles. The second kappa shape index (κ2) is 8.08. The van der Waals surface area contributed by atoms with Crippen molar-refractivity contribution in [3.05, 3.63) is 88.0 Å². The summed E-state index contributed by atoms with van der Waals surface area (Å²) in [5, 5.41) is 6.68. The molecule has 0 aliphatic heterocycles. The molecule has 0 saturated carbocycles. The largest absolute Gasteiger partial charge is 0.350 e. The van der Waals surface area contributed by atoms with Crippen LogP contribution in [0.1, 0.15) is 18.5 Å². The third-order valence-electron chi connectivity index (χ3n) is 4.18. The highest BCUT2D eigenvalue weighted by molar-refractivity contribution is 5.79. The molecule has 1 aromatic heterocycles. The number of nitrogens with one attached hydrogen (secondary N) is 1. The summed E-state index contributed by atoms with van der Waals surface area (Å²) in [5.41, 5.74) is 0.587. The second-order valence-corrected chi connectivity index (χ2v) is 6.14. The minimum Gasteiger partial charge on any atom is -0.350 e. The van der Waals surface area contributed by atoms with Gasteiger partial charge in [0.2, 0.25) is 5.91 Å². The molecule has 1 N–H and O–H groups in total. The lowest BCUT2D eigenvalue weighted by Gasteiger charge is -2.15. The van der Waals surface area contributed by atoms with Gasteiger partial charge in [-0.05, 0) is 43.3 Å². The predicted octanol–water partition coefficient (Wildman–Crippen LogP) is 3.21. The van der Waals surface area contributed by atoms with E-state index in [4.69, 9.17) is 0 Å². The van der Waals surface area contributed by atoms with Crippen molar-refractivity contribution in [2.75, 3.05) is 0 Å². The zero-order valence-electron chi connectivity index (χ0n) is 14.8. The number of amides is 1. The monoisotopic (exact) mass is 387 g/mol. The maximum Gasteiger partial charge on any atom is 0.267 e. The van der Waals surface area contributed by atoms with Crippen LogP contribution in [0.5, 0.6) is 0 Å². The SMILES string of the molecule is CC(C(=O)NCc1ccc(F)cc1F)n1nc(-c2ccc(F)cc2)ccc1=O. The molecule has 3 rings (SSSR count). The third kappa shape index (κ3) is 4.28. The molecular weight excluding hydrogens is 371 g/mol. The van der Waals surface area contributed by atoms with Crippen LogP contribution in [-0.4, -0.2) is 15.7 Å². The fourth-order valence-electron chi connectivity index (χ4n) is 2.58. The Kier molecular flexibility index (Phi) is 5.58. The minimum absolute atomic E-state index is 0.113. The van der Waals surface area contributed by atoms with E-state index in [1.54, 1.807) is 0 Å². The summed E-state index contributed by atoms with van der Waals surface area (Å²) < 4.78 is 40.7. The first-order valence-corrected chi connectivity index (χ1v) is 8.42. The lowest BCUT2D eigenvalue weighted by Crippen LogP contribution is -2.36.